The number of halogens is 1. The number of carbonyl (C=O) groups excluding carboxylic acids is 1. The van der Waals surface area contributed by atoms with Crippen molar-refractivity contribution in [3.8, 4) is 0 Å². The second kappa shape index (κ2) is 5.65. The van der Waals surface area contributed by atoms with Crippen molar-refractivity contribution in [1.82, 2.24) is 10.3 Å². The molecule has 2 N–H and O–H groups in total. The Bertz CT molecular complexity index is 433. The highest BCUT2D eigenvalue weighted by atomic mass is 35.5. The summed E-state index contributed by atoms with van der Waals surface area (Å²) in [6.45, 7) is 0.959. The third kappa shape index (κ3) is 2.80. The Morgan fingerprint density at radius 3 is 2.89 bits per heavy atom. The van der Waals surface area contributed by atoms with Crippen LogP contribution in [0, 0.1) is 0 Å². The molecule has 1 aliphatic heterocycles. The van der Waals surface area contributed by atoms with E-state index in [0.717, 1.165) is 0 Å². The molecule has 0 aromatic carbocycles. The van der Waals surface area contributed by atoms with E-state index in [1.165, 1.54) is 12.4 Å². The van der Waals surface area contributed by atoms with E-state index in [0.29, 0.717) is 36.6 Å². The molecule has 6 heteroatoms. The van der Waals surface area contributed by atoms with E-state index >= 15 is 0 Å². The standard InChI is InChI=1S/C12H15ClN2O3/c13-10-7-14-4-1-9(10)11(17)15-12(8-16)2-5-18-6-3-12/h1,4,7,16H,2-3,5-6,8H2,(H,15,17). The van der Waals surface area contributed by atoms with E-state index in [4.69, 9.17) is 16.3 Å². The van der Waals surface area contributed by atoms with Crippen molar-refractivity contribution in [3.63, 3.8) is 0 Å². The van der Waals surface area contributed by atoms with E-state index in [9.17, 15) is 9.90 Å². The van der Waals surface area contributed by atoms with Crippen LogP contribution in [0.3, 0.4) is 0 Å². The van der Waals surface area contributed by atoms with Gasteiger partial charge in [-0.3, -0.25) is 9.78 Å². The fraction of sp³-hybridized carbons (Fsp3) is 0.500. The highest BCUT2D eigenvalue weighted by molar-refractivity contribution is 6.33. The van der Waals surface area contributed by atoms with Crippen LogP contribution >= 0.6 is 11.6 Å². The minimum Gasteiger partial charge on any atom is -0.394 e. The van der Waals surface area contributed by atoms with Crippen molar-refractivity contribution in [2.24, 2.45) is 0 Å². The molecule has 2 rings (SSSR count). The molecule has 1 fully saturated rings. The molecule has 1 saturated heterocycles. The summed E-state index contributed by atoms with van der Waals surface area (Å²) in [4.78, 5) is 16.0. The molecule has 0 atom stereocenters. The lowest BCUT2D eigenvalue weighted by molar-refractivity contribution is 0.0125. The molecule has 98 valence electrons. The minimum absolute atomic E-state index is 0.106. The van der Waals surface area contributed by atoms with Crippen LogP contribution < -0.4 is 5.32 Å². The van der Waals surface area contributed by atoms with E-state index < -0.39 is 5.54 Å². The first-order valence-electron chi connectivity index (χ1n) is 5.77. The van der Waals surface area contributed by atoms with Gasteiger partial charge in [-0.25, -0.2) is 0 Å². The van der Waals surface area contributed by atoms with Crippen LogP contribution in [0.4, 0.5) is 0 Å². The van der Waals surface area contributed by atoms with Crippen molar-refractivity contribution in [3.05, 3.63) is 29.0 Å². The van der Waals surface area contributed by atoms with Crippen molar-refractivity contribution in [1.29, 1.82) is 0 Å². The summed E-state index contributed by atoms with van der Waals surface area (Å²) >= 11 is 5.91. The van der Waals surface area contributed by atoms with Crippen LogP contribution in [0.2, 0.25) is 5.02 Å². The van der Waals surface area contributed by atoms with Gasteiger partial charge in [-0.15, -0.1) is 0 Å². The van der Waals surface area contributed by atoms with Gasteiger partial charge in [-0.1, -0.05) is 11.6 Å². The van der Waals surface area contributed by atoms with E-state index in [-0.39, 0.29) is 12.5 Å². The van der Waals surface area contributed by atoms with E-state index in [1.54, 1.807) is 6.07 Å². The summed E-state index contributed by atoms with van der Waals surface area (Å²) in [5.74, 6) is -0.293. The maximum Gasteiger partial charge on any atom is 0.253 e. The smallest absolute Gasteiger partial charge is 0.253 e. The fourth-order valence-electron chi connectivity index (χ4n) is 1.95. The molecule has 2 heterocycles. The van der Waals surface area contributed by atoms with Gasteiger partial charge in [0.05, 0.1) is 22.7 Å². The number of aliphatic hydroxyl groups excluding tert-OH is 1. The number of pyridine rings is 1. The Hall–Kier alpha value is -1.17. The average molecular weight is 271 g/mol. The van der Waals surface area contributed by atoms with Crippen LogP contribution in [-0.4, -0.2) is 41.4 Å². The topological polar surface area (TPSA) is 71.5 Å². The molecular formula is C12H15ClN2O3. The van der Waals surface area contributed by atoms with Crippen LogP contribution in [0.15, 0.2) is 18.5 Å². The zero-order valence-corrected chi connectivity index (χ0v) is 10.6. The Kier molecular flexibility index (Phi) is 4.16. The summed E-state index contributed by atoms with van der Waals surface area (Å²) < 4.78 is 5.24. The minimum atomic E-state index is -0.609. The van der Waals surface area contributed by atoms with Gasteiger partial charge in [0.1, 0.15) is 0 Å². The maximum absolute atomic E-state index is 12.1. The lowest BCUT2D eigenvalue weighted by Crippen LogP contribution is -2.54. The van der Waals surface area contributed by atoms with Crippen molar-refractivity contribution < 1.29 is 14.6 Å². The quantitative estimate of drug-likeness (QED) is 0.860. The predicted octanol–water partition coefficient (Wildman–Crippen LogP) is 1.01. The monoisotopic (exact) mass is 270 g/mol. The lowest BCUT2D eigenvalue weighted by Gasteiger charge is -2.36. The zero-order valence-electron chi connectivity index (χ0n) is 9.86. The van der Waals surface area contributed by atoms with Crippen molar-refractivity contribution in [2.45, 2.75) is 18.4 Å². The molecule has 0 radical (unpaired) electrons. The van der Waals surface area contributed by atoms with Gasteiger partial charge in [0.15, 0.2) is 0 Å². The summed E-state index contributed by atoms with van der Waals surface area (Å²) in [6.07, 6.45) is 4.12. The van der Waals surface area contributed by atoms with Gasteiger partial charge in [0.2, 0.25) is 0 Å². The fourth-order valence-corrected chi connectivity index (χ4v) is 2.16. The SMILES string of the molecule is O=C(NC1(CO)CCOCC1)c1ccncc1Cl. The van der Waals surface area contributed by atoms with Gasteiger partial charge in [0, 0.05) is 25.6 Å². The first kappa shape index (κ1) is 13.3. The third-order valence-electron chi connectivity index (χ3n) is 3.15. The summed E-state index contributed by atoms with van der Waals surface area (Å²) in [5.41, 5.74) is -0.243. The molecule has 0 aliphatic carbocycles. The van der Waals surface area contributed by atoms with Crippen molar-refractivity contribution in [2.75, 3.05) is 19.8 Å². The Morgan fingerprint density at radius 2 is 2.28 bits per heavy atom. The van der Waals surface area contributed by atoms with Crippen LogP contribution in [0.5, 0.6) is 0 Å². The molecule has 0 unspecified atom stereocenters. The molecule has 18 heavy (non-hydrogen) atoms. The number of rotatable bonds is 3. The number of aromatic nitrogens is 1. The number of nitrogens with one attached hydrogen (secondary N) is 1. The average Bonchev–Trinajstić information content (AvgIpc) is 2.40. The number of hydrogen-bond acceptors (Lipinski definition) is 4. The third-order valence-corrected chi connectivity index (χ3v) is 3.45. The first-order valence-corrected chi connectivity index (χ1v) is 6.15. The predicted molar refractivity (Wildman–Crippen MR) is 66.6 cm³/mol. The van der Waals surface area contributed by atoms with E-state index in [1.807, 2.05) is 0 Å². The van der Waals surface area contributed by atoms with Crippen molar-refractivity contribution >= 4 is 17.5 Å². The lowest BCUT2D eigenvalue weighted by atomic mass is 9.90. The molecule has 0 saturated carbocycles. The normalized spacial score (nSPS) is 18.3. The van der Waals surface area contributed by atoms with Crippen LogP contribution in [0.1, 0.15) is 23.2 Å². The largest absolute Gasteiger partial charge is 0.394 e. The summed E-state index contributed by atoms with van der Waals surface area (Å²) in [5, 5.41) is 12.7. The van der Waals surface area contributed by atoms with Gasteiger partial charge >= 0.3 is 0 Å². The number of amides is 1. The van der Waals surface area contributed by atoms with Crippen LogP contribution in [-0.2, 0) is 4.74 Å². The maximum atomic E-state index is 12.1. The number of carbonyl (C=O) groups is 1. The second-order valence-electron chi connectivity index (χ2n) is 4.36. The second-order valence-corrected chi connectivity index (χ2v) is 4.77. The molecule has 5 nitrogen and oxygen atoms in total. The Morgan fingerprint density at radius 1 is 1.56 bits per heavy atom. The highest BCUT2D eigenvalue weighted by Gasteiger charge is 2.34. The first-order chi connectivity index (χ1) is 8.67. The molecule has 1 aromatic rings. The van der Waals surface area contributed by atoms with Crippen LogP contribution in [0.25, 0.3) is 0 Å². The zero-order chi connectivity index (χ0) is 13.0. The van der Waals surface area contributed by atoms with Gasteiger partial charge < -0.3 is 15.2 Å². The summed E-state index contributed by atoms with van der Waals surface area (Å²) in [7, 11) is 0. The summed E-state index contributed by atoms with van der Waals surface area (Å²) in [6, 6.07) is 1.56. The number of ether oxygens (including phenoxy) is 1. The molecule has 1 aliphatic rings. The Labute approximate surface area is 110 Å². The number of nitrogens with zero attached hydrogens (tertiary/aromatic N) is 1. The Balaban J connectivity index is 2.13. The molecule has 1 amide bonds. The van der Waals surface area contributed by atoms with Gasteiger partial charge in [-0.05, 0) is 18.9 Å². The highest BCUT2D eigenvalue weighted by Crippen LogP contribution is 2.22. The van der Waals surface area contributed by atoms with Gasteiger partial charge in [0.25, 0.3) is 5.91 Å². The van der Waals surface area contributed by atoms with E-state index in [2.05, 4.69) is 10.3 Å². The molecule has 0 spiro atoms. The van der Waals surface area contributed by atoms with Gasteiger partial charge in [-0.2, -0.15) is 0 Å². The molecular weight excluding hydrogens is 256 g/mol. The number of hydrogen-bond donors (Lipinski definition) is 2. The number of aliphatic hydroxyl groups is 1. The molecule has 1 aromatic heterocycles. The molecule has 0 bridgehead atoms.